The number of likely N-dealkylation sites (N-methyl/N-ethyl adjacent to an activating group) is 1. The van der Waals surface area contributed by atoms with Crippen molar-refractivity contribution in [2.75, 3.05) is 47.5 Å². The van der Waals surface area contributed by atoms with Crippen LogP contribution in [0, 0.1) is 0 Å². The minimum atomic E-state index is -1.64. The Balaban J connectivity index is 4.63. The number of carboxylic acids is 1. The molecule has 296 valence electrons. The molecule has 0 aliphatic rings. The number of carboxylic acid groups (broad SMARTS) is 1. The van der Waals surface area contributed by atoms with Crippen LogP contribution in [0.1, 0.15) is 123 Å². The van der Waals surface area contributed by atoms with Crippen LogP contribution in [0.2, 0.25) is 0 Å². The largest absolute Gasteiger partial charge is 0.545 e. The van der Waals surface area contributed by atoms with Gasteiger partial charge in [-0.3, -0.25) is 9.59 Å². The Morgan fingerprint density at radius 3 is 1.60 bits per heavy atom. The van der Waals surface area contributed by atoms with Crippen LogP contribution in [-0.4, -0.2) is 82.3 Å². The monoisotopic (exact) mass is 730 g/mol. The van der Waals surface area contributed by atoms with Gasteiger partial charge in [0.2, 0.25) is 0 Å². The van der Waals surface area contributed by atoms with Gasteiger partial charge in [-0.25, -0.2) is 0 Å². The highest BCUT2D eigenvalue weighted by Gasteiger charge is 2.21. The molecule has 0 fully saturated rings. The molecule has 0 aromatic rings. The maximum Gasteiger partial charge on any atom is 0.306 e. The van der Waals surface area contributed by atoms with E-state index >= 15 is 0 Å². The summed E-state index contributed by atoms with van der Waals surface area (Å²) in [5, 5.41) is 11.6. The highest BCUT2D eigenvalue weighted by Crippen LogP contribution is 2.11. The second-order valence-corrected chi connectivity index (χ2v) is 13.8. The molecule has 52 heavy (non-hydrogen) atoms. The van der Waals surface area contributed by atoms with Gasteiger partial charge in [0.05, 0.1) is 40.3 Å². The molecule has 2 unspecified atom stereocenters. The van der Waals surface area contributed by atoms with Crippen molar-refractivity contribution in [3.8, 4) is 0 Å². The smallest absolute Gasteiger partial charge is 0.306 e. The molecule has 0 aliphatic heterocycles. The normalized spacial score (nSPS) is 13.8. The second-order valence-electron chi connectivity index (χ2n) is 13.8. The van der Waals surface area contributed by atoms with Gasteiger partial charge >= 0.3 is 11.9 Å². The molecule has 9 nitrogen and oxygen atoms in total. The van der Waals surface area contributed by atoms with Gasteiger partial charge in [-0.2, -0.15) is 0 Å². The molecule has 9 heteroatoms. The lowest BCUT2D eigenvalue weighted by atomic mass is 10.1. The number of aliphatic carboxylic acids is 1. The summed E-state index contributed by atoms with van der Waals surface area (Å²) in [4.78, 5) is 36.6. The summed E-state index contributed by atoms with van der Waals surface area (Å²) >= 11 is 0. The standard InChI is InChI=1S/C43H71NO8/c1-6-8-10-12-14-16-17-18-19-20-21-22-23-24-25-26-28-30-32-34-41(46)52-39(38-51-43(42(47)48)49-36-35-44(3,4)5)37-50-40(45)33-31-29-27-15-13-11-9-7-2/h8,10,14,16,18-19,21-22,24-25,28,30,39,43H,6-7,9,11-13,15,17,20,23,26-27,29,31-38H2,1-5H3/b10-8-,16-14-,19-18-,22-21-,25-24-,30-28-. The molecule has 0 N–H and O–H groups in total. The lowest BCUT2D eigenvalue weighted by Gasteiger charge is -2.26. The first-order valence-electron chi connectivity index (χ1n) is 19.6. The van der Waals surface area contributed by atoms with Gasteiger partial charge in [-0.1, -0.05) is 132 Å². The number of carbonyl (C=O) groups excluding carboxylic acids is 3. The molecule has 0 rings (SSSR count). The number of quaternary nitrogens is 1. The number of esters is 2. The van der Waals surface area contributed by atoms with Crippen LogP contribution in [0.15, 0.2) is 72.9 Å². The maximum absolute atomic E-state index is 12.6. The molecule has 0 radical (unpaired) electrons. The van der Waals surface area contributed by atoms with Crippen molar-refractivity contribution in [3.05, 3.63) is 72.9 Å². The zero-order valence-corrected chi connectivity index (χ0v) is 33.1. The summed E-state index contributed by atoms with van der Waals surface area (Å²) in [5.41, 5.74) is 0. The lowest BCUT2D eigenvalue weighted by molar-refractivity contribution is -0.870. The fraction of sp³-hybridized carbons (Fsp3) is 0.651. The van der Waals surface area contributed by atoms with Gasteiger partial charge in [-0.15, -0.1) is 0 Å². The molecule has 0 saturated carbocycles. The van der Waals surface area contributed by atoms with E-state index in [0.29, 0.717) is 17.4 Å². The average molecular weight is 730 g/mol. The Labute approximate surface area is 316 Å². The number of hydrogen-bond donors (Lipinski definition) is 0. The molecule has 2 atom stereocenters. The fourth-order valence-electron chi connectivity index (χ4n) is 4.68. The average Bonchev–Trinajstić information content (AvgIpc) is 3.09. The van der Waals surface area contributed by atoms with Crippen molar-refractivity contribution in [1.82, 2.24) is 0 Å². The topological polar surface area (TPSA) is 111 Å². The van der Waals surface area contributed by atoms with Crippen molar-refractivity contribution in [2.45, 2.75) is 135 Å². The molecule has 0 aromatic heterocycles. The minimum absolute atomic E-state index is 0.120. The summed E-state index contributed by atoms with van der Waals surface area (Å²) in [6.07, 6.45) is 38.2. The predicted octanol–water partition coefficient (Wildman–Crippen LogP) is 8.27. The summed E-state index contributed by atoms with van der Waals surface area (Å²) in [6, 6.07) is 0. The number of allylic oxidation sites excluding steroid dienone is 12. The Hall–Kier alpha value is -3.27. The van der Waals surface area contributed by atoms with Gasteiger partial charge in [0.15, 0.2) is 12.4 Å². The van der Waals surface area contributed by atoms with E-state index in [4.69, 9.17) is 18.9 Å². The molecule has 0 saturated heterocycles. The zero-order valence-electron chi connectivity index (χ0n) is 33.1. The fourth-order valence-corrected chi connectivity index (χ4v) is 4.68. The highest BCUT2D eigenvalue weighted by molar-refractivity contribution is 5.70. The van der Waals surface area contributed by atoms with Gasteiger partial charge < -0.3 is 33.3 Å². The van der Waals surface area contributed by atoms with E-state index in [0.717, 1.165) is 57.8 Å². The number of rotatable bonds is 34. The quantitative estimate of drug-likeness (QED) is 0.0214. The first kappa shape index (κ1) is 48.7. The van der Waals surface area contributed by atoms with E-state index in [1.165, 1.54) is 32.1 Å². The first-order chi connectivity index (χ1) is 25.1. The summed E-state index contributed by atoms with van der Waals surface area (Å²) in [5.74, 6) is -2.42. The van der Waals surface area contributed by atoms with E-state index in [1.54, 1.807) is 0 Å². The number of carbonyl (C=O) groups is 3. The van der Waals surface area contributed by atoms with Crippen LogP contribution in [0.3, 0.4) is 0 Å². The number of ether oxygens (including phenoxy) is 4. The number of hydrogen-bond acceptors (Lipinski definition) is 8. The Morgan fingerprint density at radius 1 is 0.596 bits per heavy atom. The summed E-state index contributed by atoms with van der Waals surface area (Å²) in [7, 11) is 5.86. The minimum Gasteiger partial charge on any atom is -0.545 e. The highest BCUT2D eigenvalue weighted by atomic mass is 16.7. The SMILES string of the molecule is CC/C=C\C/C=C\C/C=C\C/C=C\C/C=C\C/C=C\CCC(=O)OC(COC(=O)CCCCCCCCCC)COC(OCC[N+](C)(C)C)C(=O)[O-]. The molecule has 0 spiro atoms. The maximum atomic E-state index is 12.6. The third kappa shape index (κ3) is 35.1. The van der Waals surface area contributed by atoms with E-state index < -0.39 is 24.3 Å². The third-order valence-electron chi connectivity index (χ3n) is 7.73. The third-order valence-corrected chi connectivity index (χ3v) is 7.73. The van der Waals surface area contributed by atoms with Crippen LogP contribution in [0.4, 0.5) is 0 Å². The lowest BCUT2D eigenvalue weighted by Crippen LogP contribution is -2.44. The van der Waals surface area contributed by atoms with Crippen molar-refractivity contribution in [2.24, 2.45) is 0 Å². The molecular formula is C43H71NO8. The Kier molecular flexibility index (Phi) is 32.6. The van der Waals surface area contributed by atoms with E-state index in [-0.39, 0.29) is 38.6 Å². The van der Waals surface area contributed by atoms with Crippen LogP contribution in [-0.2, 0) is 33.3 Å². The first-order valence-corrected chi connectivity index (χ1v) is 19.6. The van der Waals surface area contributed by atoms with Gasteiger partial charge in [-0.05, 0) is 51.4 Å². The second kappa shape index (κ2) is 34.8. The van der Waals surface area contributed by atoms with Crippen LogP contribution in [0.5, 0.6) is 0 Å². The van der Waals surface area contributed by atoms with Crippen molar-refractivity contribution < 1.29 is 42.9 Å². The molecular weight excluding hydrogens is 658 g/mol. The Bertz CT molecular complexity index is 1080. The van der Waals surface area contributed by atoms with Crippen molar-refractivity contribution >= 4 is 17.9 Å². The van der Waals surface area contributed by atoms with Gasteiger partial charge in [0, 0.05) is 12.8 Å². The molecule has 0 bridgehead atoms. The van der Waals surface area contributed by atoms with E-state index in [2.05, 4.69) is 74.6 Å². The van der Waals surface area contributed by atoms with Crippen molar-refractivity contribution in [3.63, 3.8) is 0 Å². The van der Waals surface area contributed by atoms with Crippen LogP contribution < -0.4 is 5.11 Å². The molecule has 0 aliphatic carbocycles. The molecule has 0 aromatic carbocycles. The summed E-state index contributed by atoms with van der Waals surface area (Å²) in [6.45, 7) is 4.46. The van der Waals surface area contributed by atoms with E-state index in [1.807, 2.05) is 33.3 Å². The van der Waals surface area contributed by atoms with E-state index in [9.17, 15) is 19.5 Å². The number of nitrogens with zero attached hydrogens (tertiary/aromatic N) is 1. The Morgan fingerprint density at radius 2 is 1.10 bits per heavy atom. The van der Waals surface area contributed by atoms with Crippen molar-refractivity contribution in [1.29, 1.82) is 0 Å². The van der Waals surface area contributed by atoms with Gasteiger partial charge in [0.25, 0.3) is 0 Å². The molecule has 0 amide bonds. The van der Waals surface area contributed by atoms with Crippen LogP contribution >= 0.6 is 0 Å². The summed E-state index contributed by atoms with van der Waals surface area (Å²) < 4.78 is 22.3. The number of unbranched alkanes of at least 4 members (excludes halogenated alkanes) is 7. The van der Waals surface area contributed by atoms with Gasteiger partial charge in [0.1, 0.15) is 13.2 Å². The predicted molar refractivity (Wildman–Crippen MR) is 209 cm³/mol. The molecule has 0 heterocycles. The zero-order chi connectivity index (χ0) is 38.5. The van der Waals surface area contributed by atoms with Crippen LogP contribution in [0.25, 0.3) is 0 Å².